The second-order valence-corrected chi connectivity index (χ2v) is 25.0. The predicted molar refractivity (Wildman–Crippen MR) is 328 cm³/mol. The molecule has 88 heavy (non-hydrogen) atoms. The van der Waals surface area contributed by atoms with E-state index < -0.39 is 107 Å². The van der Waals surface area contributed by atoms with E-state index >= 15 is 0 Å². The molecule has 2 aliphatic rings. The number of aromatic nitrogens is 4. The number of nitriles is 1. The highest BCUT2D eigenvalue weighted by Crippen LogP contribution is 2.51. The quantitative estimate of drug-likeness (QED) is 0.0241. The lowest BCUT2D eigenvalue weighted by molar-refractivity contribution is -0.173. The van der Waals surface area contributed by atoms with Crippen molar-refractivity contribution >= 4 is 51.4 Å². The van der Waals surface area contributed by atoms with Gasteiger partial charge >= 0.3 is 35.5 Å². The Kier molecular flexibility index (Phi) is 37.0. The Morgan fingerprint density at radius 2 is 1.18 bits per heavy atom. The van der Waals surface area contributed by atoms with E-state index in [9.17, 15) is 60.2 Å². The van der Waals surface area contributed by atoms with Crippen LogP contribution in [0.2, 0.25) is 0 Å². The lowest BCUT2D eigenvalue weighted by Gasteiger charge is -2.37. The highest BCUT2D eigenvalue weighted by atomic mass is 35.7. The van der Waals surface area contributed by atoms with E-state index in [2.05, 4.69) is 91.4 Å². The van der Waals surface area contributed by atoms with E-state index in [0.29, 0.717) is 50.0 Å². The van der Waals surface area contributed by atoms with Crippen molar-refractivity contribution in [3.63, 3.8) is 0 Å². The summed E-state index contributed by atoms with van der Waals surface area (Å²) in [6.45, 7) is 39.4. The average Bonchev–Trinajstić information content (AvgIpc) is 2.94. The Bertz CT molecular complexity index is 2800. The smallest absolute Gasteiger partial charge is 0.390 e. The van der Waals surface area contributed by atoms with Gasteiger partial charge in [0.05, 0.1) is 54.6 Å². The molecule has 2 fully saturated rings. The summed E-state index contributed by atoms with van der Waals surface area (Å²) in [5.41, 5.74) is -2.95. The van der Waals surface area contributed by atoms with E-state index in [1.807, 2.05) is 47.6 Å². The number of carbonyl (C=O) groups excluding carboxylic acids is 2. The van der Waals surface area contributed by atoms with Crippen molar-refractivity contribution in [2.45, 2.75) is 221 Å². The van der Waals surface area contributed by atoms with Crippen LogP contribution in [0.15, 0.2) is 43.7 Å². The molecule has 8 atom stereocenters. The number of nitrogens with one attached hydrogen (secondary N) is 4. The first-order valence-corrected chi connectivity index (χ1v) is 32.2. The fraction of sp³-hybridized carbons (Fsp3) is 0.714. The van der Waals surface area contributed by atoms with Gasteiger partial charge in [0.2, 0.25) is 14.2 Å². The summed E-state index contributed by atoms with van der Waals surface area (Å²) in [4.78, 5) is 80.3. The van der Waals surface area contributed by atoms with Crippen LogP contribution in [-0.4, -0.2) is 163 Å². The molecule has 2 aliphatic heterocycles. The van der Waals surface area contributed by atoms with E-state index in [0.717, 1.165) is 17.2 Å². The Morgan fingerprint density at radius 1 is 0.750 bits per heavy atom. The molecule has 0 bridgehead atoms. The number of amides is 2. The highest BCUT2D eigenvalue weighted by Gasteiger charge is 2.42. The average molecular weight is 1320 g/mol. The Hall–Kier alpha value is -4.87. The molecule has 0 aliphatic carbocycles. The normalized spacial score (nSPS) is 19.5. The topological polar surface area (TPSA) is 272 Å². The first-order chi connectivity index (χ1) is 41.0. The molecule has 0 saturated carbocycles. The molecule has 2 aromatic rings. The molecule has 5 N–H and O–H groups in total. The maximum Gasteiger partial charge on any atom is 0.471 e. The maximum absolute atomic E-state index is 12.6. The van der Waals surface area contributed by atoms with Gasteiger partial charge in [-0.2, -0.15) is 31.6 Å². The first kappa shape index (κ1) is 81.1. The molecule has 2 amide bonds. The molecular formula is C56H90ClF6N11O12P2. The number of nitrogens with zero attached hydrogens (tertiary/aromatic N) is 7. The van der Waals surface area contributed by atoms with Crippen LogP contribution >= 0.6 is 27.4 Å². The van der Waals surface area contributed by atoms with E-state index in [1.165, 1.54) is 35.2 Å². The van der Waals surface area contributed by atoms with Gasteiger partial charge in [-0.05, 0) is 114 Å². The summed E-state index contributed by atoms with van der Waals surface area (Å²) in [5, 5.41) is 21.5. The van der Waals surface area contributed by atoms with Gasteiger partial charge in [-0.25, -0.2) is 25.5 Å². The molecule has 8 unspecified atom stereocenters. The first-order valence-electron chi connectivity index (χ1n) is 29.0. The van der Waals surface area contributed by atoms with Crippen molar-refractivity contribution < 1.29 is 64.1 Å². The van der Waals surface area contributed by atoms with Crippen molar-refractivity contribution in [3.05, 3.63) is 88.8 Å². The number of aromatic amines is 2. The van der Waals surface area contributed by atoms with E-state index in [4.69, 9.17) is 46.1 Å². The van der Waals surface area contributed by atoms with Crippen molar-refractivity contribution in [3.8, 4) is 6.07 Å². The van der Waals surface area contributed by atoms with Crippen molar-refractivity contribution in [2.75, 3.05) is 39.4 Å². The minimum absolute atomic E-state index is 0.00704. The summed E-state index contributed by atoms with van der Waals surface area (Å²) < 4.78 is 109. The van der Waals surface area contributed by atoms with Crippen LogP contribution < -0.4 is 33.1 Å². The third kappa shape index (κ3) is 27.7. The minimum atomic E-state index is -5.02. The second kappa shape index (κ2) is 40.1. The lowest BCUT2D eigenvalue weighted by Crippen LogP contribution is -2.36. The molecule has 2 aromatic heterocycles. The largest absolute Gasteiger partial charge is 0.471 e. The fourth-order valence-corrected chi connectivity index (χ4v) is 13.2. The van der Waals surface area contributed by atoms with Crippen molar-refractivity contribution in [1.29, 1.82) is 5.26 Å². The fourth-order valence-electron chi connectivity index (χ4n) is 9.07. The summed E-state index contributed by atoms with van der Waals surface area (Å²) in [7, 11) is -2.63. The minimum Gasteiger partial charge on any atom is -0.390 e. The third-order valence-electron chi connectivity index (χ3n) is 12.9. The number of rotatable bonds is 27. The summed E-state index contributed by atoms with van der Waals surface area (Å²) in [5.74, 6) is -4.20. The molecule has 2 saturated heterocycles. The molecule has 4 heterocycles. The van der Waals surface area contributed by atoms with Gasteiger partial charge < -0.3 is 43.6 Å². The molecule has 500 valence electrons. The van der Waals surface area contributed by atoms with Crippen LogP contribution in [0.5, 0.6) is 0 Å². The number of carbonyl (C=O) groups is 2. The number of hydrogen-bond donors (Lipinski definition) is 5. The SMILES string of the molecule is CC(C)N(C(C)C)P(Cl)OCCC#N.CCC1OC(n2cc(/C=C/CNC(=O)C(F)(F)F)c(=O)[nH]c2=O)CC1O.CCN(C(C)C)C(C)C.[C-]#[N+]CCOP(OC1CC(n2cc(/C=C/CNC(=O)C(F)(F)F)c(=O)[nH]c2=O)OC1CC)N(C(C)C)C(C)C. The molecule has 0 spiro atoms. The van der Waals surface area contributed by atoms with Crippen molar-refractivity contribution in [2.24, 2.45) is 0 Å². The monoisotopic (exact) mass is 1320 g/mol. The van der Waals surface area contributed by atoms with Gasteiger partial charge in [0.15, 0.2) is 0 Å². The molecule has 0 radical (unpaired) electrons. The summed E-state index contributed by atoms with van der Waals surface area (Å²) >= 11 is 6.13. The Balaban J connectivity index is 0.000000673. The number of ether oxygens (including phenoxy) is 2. The van der Waals surface area contributed by atoms with Crippen LogP contribution in [0.4, 0.5) is 26.3 Å². The van der Waals surface area contributed by atoms with Crippen LogP contribution in [0.1, 0.15) is 160 Å². The zero-order chi connectivity index (χ0) is 67.4. The van der Waals surface area contributed by atoms with Gasteiger partial charge in [-0.3, -0.25) is 43.2 Å². The zero-order valence-corrected chi connectivity index (χ0v) is 55.3. The zero-order valence-electron chi connectivity index (χ0n) is 52.8. The van der Waals surface area contributed by atoms with Gasteiger partial charge in [0.1, 0.15) is 19.1 Å². The Labute approximate surface area is 518 Å². The standard InChI is InChI=1S/C24H35F3N5O6P.C15H18F3N3O5.C9H18ClN2OP.C8H19N/c1-7-18-19(38-39(36-12-11-28-6)32(15(2)3)16(4)5)13-20(37-18)31-14-17(21(33)30-23(31)35)9-8-10-29-22(34)24(25,26)27;1-2-10-9(22)6-11(26-10)21-7-8(12(23)20-14(21)25)4-3-5-19-13(24)15(16,17)18;1-8(2)12(9(3)4)14(10)13-7-5-6-11;1-6-9(7(2)3)8(4)5/h8-9,14-16,18-20H,7,10-13H2,1-5H3,(H,29,34)(H,30,33,35);3-4,7,9-11,22H,2,5-6H2,1H3,(H,19,24)(H,20,23,25);8-9H,5,7H2,1-4H3;7-8H,6H2,1-5H3/b9-8+;4-3+;;. The van der Waals surface area contributed by atoms with Crippen LogP contribution in [0, 0.1) is 17.9 Å². The van der Waals surface area contributed by atoms with Crippen molar-refractivity contribution in [1.82, 2.24) is 44.0 Å². The Morgan fingerprint density at radius 3 is 1.53 bits per heavy atom. The van der Waals surface area contributed by atoms with Gasteiger partial charge in [-0.1, -0.05) is 45.1 Å². The van der Waals surface area contributed by atoms with Crippen LogP contribution in [0.3, 0.4) is 0 Å². The second-order valence-electron chi connectivity index (χ2n) is 21.6. The predicted octanol–water partition coefficient (Wildman–Crippen LogP) is 9.51. The van der Waals surface area contributed by atoms with Crippen LogP contribution in [0.25, 0.3) is 17.0 Å². The van der Waals surface area contributed by atoms with Gasteiger partial charge in [-0.15, -0.1) is 0 Å². The lowest BCUT2D eigenvalue weighted by atomic mass is 10.1. The summed E-state index contributed by atoms with van der Waals surface area (Å²) in [6.07, 6.45) is -4.50. The maximum atomic E-state index is 12.6. The number of aliphatic hydroxyl groups is 1. The van der Waals surface area contributed by atoms with E-state index in [-0.39, 0.29) is 55.3 Å². The van der Waals surface area contributed by atoms with Crippen LogP contribution in [-0.2, 0) is 32.6 Å². The van der Waals surface area contributed by atoms with Gasteiger partial charge in [0.25, 0.3) is 19.6 Å². The number of aliphatic hydroxyl groups excluding tert-OH is 1. The molecule has 32 heteroatoms. The van der Waals surface area contributed by atoms with E-state index in [1.54, 1.807) is 10.6 Å². The van der Waals surface area contributed by atoms with Gasteiger partial charge in [0, 0.05) is 74.6 Å². The molecule has 23 nitrogen and oxygen atoms in total. The molecule has 0 aromatic carbocycles. The number of alkyl halides is 6. The summed E-state index contributed by atoms with van der Waals surface area (Å²) in [6, 6.07) is 4.32. The number of hydrogen-bond acceptors (Lipinski definition) is 16. The number of halogens is 7. The third-order valence-corrected chi connectivity index (χ3v) is 17.5. The molecule has 4 rings (SSSR count). The molecular weight excluding hydrogens is 1230 g/mol. The highest BCUT2D eigenvalue weighted by molar-refractivity contribution is 7.78. The number of H-pyrrole nitrogens is 2.